The van der Waals surface area contributed by atoms with Crippen LogP contribution in [0.3, 0.4) is 0 Å². The van der Waals surface area contributed by atoms with E-state index in [1.54, 1.807) is 6.92 Å². The van der Waals surface area contributed by atoms with Crippen molar-refractivity contribution in [1.29, 1.82) is 0 Å². The SMILES string of the molecule is CC(=N[C@@H](Cc1ccccc1)C(=O)O)C1=C(O)CC(C)(C)CC1=O. The number of carbonyl (C=O) groups is 2. The summed E-state index contributed by atoms with van der Waals surface area (Å²) in [5.41, 5.74) is 1.03. The molecule has 1 atom stereocenters. The summed E-state index contributed by atoms with van der Waals surface area (Å²) < 4.78 is 0. The summed E-state index contributed by atoms with van der Waals surface area (Å²) >= 11 is 0. The zero-order chi connectivity index (χ0) is 17.9. The number of nitrogens with zero attached hydrogens (tertiary/aromatic N) is 1. The van der Waals surface area contributed by atoms with Crippen molar-refractivity contribution in [3.8, 4) is 0 Å². The van der Waals surface area contributed by atoms with Gasteiger partial charge in [0.05, 0.1) is 5.57 Å². The number of aliphatic carboxylic acids is 1. The Hall–Kier alpha value is -2.43. The van der Waals surface area contributed by atoms with Crippen molar-refractivity contribution in [2.45, 2.75) is 46.1 Å². The summed E-state index contributed by atoms with van der Waals surface area (Å²) in [5, 5.41) is 19.6. The van der Waals surface area contributed by atoms with Crippen molar-refractivity contribution >= 4 is 17.5 Å². The summed E-state index contributed by atoms with van der Waals surface area (Å²) in [6.45, 7) is 5.42. The highest BCUT2D eigenvalue weighted by molar-refractivity contribution is 6.22. The number of benzene rings is 1. The fourth-order valence-corrected chi connectivity index (χ4v) is 3.02. The number of hydrogen-bond donors (Lipinski definition) is 2. The third kappa shape index (κ3) is 4.31. The van der Waals surface area contributed by atoms with Crippen LogP contribution < -0.4 is 0 Å². The highest BCUT2D eigenvalue weighted by atomic mass is 16.4. The van der Waals surface area contributed by atoms with Gasteiger partial charge in [-0.15, -0.1) is 0 Å². The molecule has 5 heteroatoms. The lowest BCUT2D eigenvalue weighted by atomic mass is 9.75. The quantitative estimate of drug-likeness (QED) is 0.811. The summed E-state index contributed by atoms with van der Waals surface area (Å²) in [5.74, 6) is -1.24. The first-order chi connectivity index (χ1) is 11.2. The van der Waals surface area contributed by atoms with Crippen LogP contribution in [0.25, 0.3) is 0 Å². The van der Waals surface area contributed by atoms with Crippen LogP contribution in [0.5, 0.6) is 0 Å². The average molecular weight is 329 g/mol. The number of hydrogen-bond acceptors (Lipinski definition) is 4. The van der Waals surface area contributed by atoms with Gasteiger partial charge in [0.2, 0.25) is 0 Å². The molecule has 0 radical (unpaired) electrons. The first kappa shape index (κ1) is 17.9. The van der Waals surface area contributed by atoms with Crippen LogP contribution in [0.15, 0.2) is 46.7 Å². The topological polar surface area (TPSA) is 87.0 Å². The lowest BCUT2D eigenvalue weighted by molar-refractivity contribution is -0.138. The molecule has 0 spiro atoms. The van der Waals surface area contributed by atoms with Crippen molar-refractivity contribution in [2.75, 3.05) is 0 Å². The minimum absolute atomic E-state index is 0.00125. The van der Waals surface area contributed by atoms with E-state index in [2.05, 4.69) is 4.99 Å². The molecule has 0 heterocycles. The summed E-state index contributed by atoms with van der Waals surface area (Å²) in [6, 6.07) is 8.23. The van der Waals surface area contributed by atoms with Crippen LogP contribution in [0.2, 0.25) is 0 Å². The number of Topliss-reactive ketones (excluding diaryl/α,β-unsaturated/α-hetero) is 1. The van der Waals surface area contributed by atoms with E-state index in [9.17, 15) is 19.8 Å². The molecule has 0 bridgehead atoms. The minimum Gasteiger partial charge on any atom is -0.511 e. The molecule has 1 aromatic rings. The molecule has 0 saturated carbocycles. The molecule has 2 N–H and O–H groups in total. The molecule has 128 valence electrons. The Morgan fingerprint density at radius 1 is 1.25 bits per heavy atom. The number of ketones is 1. The fourth-order valence-electron chi connectivity index (χ4n) is 3.02. The summed E-state index contributed by atoms with van der Waals surface area (Å²) in [6.07, 6.45) is 0.939. The lowest BCUT2D eigenvalue weighted by Gasteiger charge is -2.29. The third-order valence-electron chi connectivity index (χ3n) is 4.12. The number of allylic oxidation sites excluding steroid dienone is 2. The van der Waals surface area contributed by atoms with Gasteiger partial charge in [0, 0.05) is 25.0 Å². The smallest absolute Gasteiger partial charge is 0.328 e. The van der Waals surface area contributed by atoms with Crippen LogP contribution >= 0.6 is 0 Å². The molecule has 0 fully saturated rings. The van der Waals surface area contributed by atoms with Crippen LogP contribution in [0, 0.1) is 5.41 Å². The van der Waals surface area contributed by atoms with E-state index in [0.29, 0.717) is 12.8 Å². The maximum atomic E-state index is 12.3. The molecule has 0 aromatic heterocycles. The Kier molecular flexibility index (Phi) is 5.22. The number of carboxylic acid groups (broad SMARTS) is 1. The predicted octanol–water partition coefficient (Wildman–Crippen LogP) is 3.34. The number of carbonyl (C=O) groups excluding carboxylic acids is 1. The molecule has 0 aliphatic heterocycles. The van der Waals surface area contributed by atoms with E-state index < -0.39 is 12.0 Å². The maximum absolute atomic E-state index is 12.3. The molecule has 0 unspecified atom stereocenters. The molecule has 1 aromatic carbocycles. The van der Waals surface area contributed by atoms with Gasteiger partial charge in [-0.3, -0.25) is 9.79 Å². The lowest BCUT2D eigenvalue weighted by Crippen LogP contribution is -2.30. The van der Waals surface area contributed by atoms with Gasteiger partial charge in [-0.2, -0.15) is 0 Å². The maximum Gasteiger partial charge on any atom is 0.328 e. The first-order valence-corrected chi connectivity index (χ1v) is 7.96. The molecule has 1 aliphatic carbocycles. The van der Waals surface area contributed by atoms with Gasteiger partial charge in [-0.05, 0) is 17.9 Å². The minimum atomic E-state index is -1.05. The molecule has 2 rings (SSSR count). The molecule has 1 aliphatic rings. The Balaban J connectivity index is 2.29. The van der Waals surface area contributed by atoms with Gasteiger partial charge in [0.15, 0.2) is 11.8 Å². The standard InChI is InChI=1S/C19H23NO4/c1-12(17-15(21)10-19(2,3)11-16(17)22)20-14(18(23)24)9-13-7-5-4-6-8-13/h4-8,14,21H,9-11H2,1-3H3,(H,23,24)/t14-/m0/s1. The number of carboxylic acids is 1. The van der Waals surface area contributed by atoms with Crippen LogP contribution in [-0.4, -0.2) is 33.7 Å². The van der Waals surface area contributed by atoms with E-state index in [0.717, 1.165) is 5.56 Å². The van der Waals surface area contributed by atoms with E-state index in [-0.39, 0.29) is 34.7 Å². The van der Waals surface area contributed by atoms with Crippen molar-refractivity contribution < 1.29 is 19.8 Å². The predicted molar refractivity (Wildman–Crippen MR) is 92.4 cm³/mol. The highest BCUT2D eigenvalue weighted by Gasteiger charge is 2.34. The Labute approximate surface area is 141 Å². The second kappa shape index (κ2) is 6.99. The Morgan fingerprint density at radius 2 is 1.88 bits per heavy atom. The third-order valence-corrected chi connectivity index (χ3v) is 4.12. The Bertz CT molecular complexity index is 701. The Morgan fingerprint density at radius 3 is 2.42 bits per heavy atom. The van der Waals surface area contributed by atoms with Gasteiger partial charge in [0.25, 0.3) is 0 Å². The fraction of sp³-hybridized carbons (Fsp3) is 0.421. The van der Waals surface area contributed by atoms with E-state index in [4.69, 9.17) is 0 Å². The van der Waals surface area contributed by atoms with Crippen LogP contribution in [-0.2, 0) is 16.0 Å². The second-order valence-electron chi connectivity index (χ2n) is 7.02. The first-order valence-electron chi connectivity index (χ1n) is 7.96. The molecule has 0 amide bonds. The van der Waals surface area contributed by atoms with Gasteiger partial charge in [0.1, 0.15) is 5.76 Å². The second-order valence-corrected chi connectivity index (χ2v) is 7.02. The number of rotatable bonds is 5. The highest BCUT2D eigenvalue weighted by Crippen LogP contribution is 2.36. The molecule has 24 heavy (non-hydrogen) atoms. The summed E-state index contributed by atoms with van der Waals surface area (Å²) in [7, 11) is 0. The van der Waals surface area contributed by atoms with Crippen LogP contribution in [0.4, 0.5) is 0 Å². The molecule has 0 saturated heterocycles. The zero-order valence-corrected chi connectivity index (χ0v) is 14.2. The van der Waals surface area contributed by atoms with Crippen molar-refractivity contribution in [3.63, 3.8) is 0 Å². The van der Waals surface area contributed by atoms with Gasteiger partial charge in [-0.1, -0.05) is 44.2 Å². The van der Waals surface area contributed by atoms with Crippen molar-refractivity contribution in [3.05, 3.63) is 47.2 Å². The summed E-state index contributed by atoms with van der Waals surface area (Å²) in [4.78, 5) is 28.1. The van der Waals surface area contributed by atoms with E-state index >= 15 is 0 Å². The van der Waals surface area contributed by atoms with Crippen molar-refractivity contribution in [2.24, 2.45) is 10.4 Å². The number of aliphatic imine (C=N–C) groups is 1. The molecular formula is C19H23NO4. The number of aliphatic hydroxyl groups excluding tert-OH is 1. The number of aliphatic hydroxyl groups is 1. The zero-order valence-electron chi connectivity index (χ0n) is 14.2. The molecule has 5 nitrogen and oxygen atoms in total. The van der Waals surface area contributed by atoms with Gasteiger partial charge >= 0.3 is 5.97 Å². The monoisotopic (exact) mass is 329 g/mol. The van der Waals surface area contributed by atoms with E-state index in [1.165, 1.54) is 0 Å². The van der Waals surface area contributed by atoms with Crippen molar-refractivity contribution in [1.82, 2.24) is 0 Å². The van der Waals surface area contributed by atoms with Crippen LogP contribution in [0.1, 0.15) is 39.2 Å². The van der Waals surface area contributed by atoms with E-state index in [1.807, 2.05) is 44.2 Å². The van der Waals surface area contributed by atoms with Gasteiger partial charge in [-0.25, -0.2) is 4.79 Å². The largest absolute Gasteiger partial charge is 0.511 e. The van der Waals surface area contributed by atoms with Gasteiger partial charge < -0.3 is 10.2 Å². The molecular weight excluding hydrogens is 306 g/mol. The average Bonchev–Trinajstić information content (AvgIpc) is 2.45. The normalized spacial score (nSPS) is 19.3.